The fraction of sp³-hybridized carbons (Fsp3) is 0.227. The zero-order chi connectivity index (χ0) is 20.8. The van der Waals surface area contributed by atoms with Crippen LogP contribution in [0, 0.1) is 5.82 Å². The largest absolute Gasteiger partial charge is 0.355 e. The Balaban J connectivity index is 1.51. The number of hydrogen-bond donors (Lipinski definition) is 2. The van der Waals surface area contributed by atoms with E-state index in [-0.39, 0.29) is 5.69 Å². The van der Waals surface area contributed by atoms with Crippen LogP contribution in [-0.4, -0.2) is 48.2 Å². The number of nitrogens with one attached hydrogen (secondary N) is 2. The van der Waals surface area contributed by atoms with Gasteiger partial charge in [-0.15, -0.1) is 0 Å². The molecule has 1 aliphatic heterocycles. The maximum Gasteiger partial charge on any atom is 0.161 e. The lowest BCUT2D eigenvalue weighted by atomic mass is 10.1. The fourth-order valence-electron chi connectivity index (χ4n) is 4.22. The van der Waals surface area contributed by atoms with Gasteiger partial charge >= 0.3 is 0 Å². The van der Waals surface area contributed by atoms with Crippen molar-refractivity contribution in [1.82, 2.24) is 35.1 Å². The van der Waals surface area contributed by atoms with Crippen molar-refractivity contribution in [3.63, 3.8) is 0 Å². The van der Waals surface area contributed by atoms with E-state index in [1.165, 1.54) is 6.42 Å². The molecule has 9 heteroatoms. The molecule has 5 aromatic heterocycles. The molecular weight excluding hydrogens is 395 g/mol. The normalized spacial score (nSPS) is 14.5. The number of fused-ring (bicyclic) bond motifs is 2. The first-order valence-corrected chi connectivity index (χ1v) is 10.3. The summed E-state index contributed by atoms with van der Waals surface area (Å²) in [5.41, 5.74) is 3.39. The Morgan fingerprint density at radius 3 is 2.68 bits per heavy atom. The molecule has 0 bridgehead atoms. The van der Waals surface area contributed by atoms with Crippen LogP contribution in [0.15, 0.2) is 43.0 Å². The number of piperidine rings is 1. The molecule has 31 heavy (non-hydrogen) atoms. The van der Waals surface area contributed by atoms with Crippen LogP contribution >= 0.6 is 0 Å². The predicted octanol–water partition coefficient (Wildman–Crippen LogP) is 4.09. The number of rotatable bonds is 3. The molecule has 8 nitrogen and oxygen atoms in total. The van der Waals surface area contributed by atoms with Crippen molar-refractivity contribution in [2.24, 2.45) is 0 Å². The highest BCUT2D eigenvalue weighted by molar-refractivity contribution is 5.96. The summed E-state index contributed by atoms with van der Waals surface area (Å²) in [7, 11) is 0. The van der Waals surface area contributed by atoms with Crippen molar-refractivity contribution in [1.29, 1.82) is 0 Å². The van der Waals surface area contributed by atoms with E-state index in [1.54, 1.807) is 36.9 Å². The molecule has 2 N–H and O–H groups in total. The second-order valence-corrected chi connectivity index (χ2v) is 7.69. The van der Waals surface area contributed by atoms with Gasteiger partial charge in [-0.1, -0.05) is 0 Å². The van der Waals surface area contributed by atoms with Crippen LogP contribution in [0.1, 0.15) is 19.3 Å². The maximum absolute atomic E-state index is 15.5. The minimum absolute atomic E-state index is 0.232. The molecule has 0 aromatic carbocycles. The molecule has 0 saturated carbocycles. The minimum atomic E-state index is -0.455. The highest BCUT2D eigenvalue weighted by Gasteiger charge is 2.22. The third kappa shape index (κ3) is 2.92. The molecule has 0 spiro atoms. The fourth-order valence-corrected chi connectivity index (χ4v) is 4.22. The number of pyridine rings is 3. The average Bonchev–Trinajstić information content (AvgIpc) is 3.45. The first kappa shape index (κ1) is 17.9. The van der Waals surface area contributed by atoms with Gasteiger partial charge < -0.3 is 9.88 Å². The van der Waals surface area contributed by atoms with Gasteiger partial charge in [-0.05, 0) is 37.5 Å². The van der Waals surface area contributed by atoms with E-state index in [1.807, 2.05) is 6.07 Å². The van der Waals surface area contributed by atoms with Gasteiger partial charge in [-0.25, -0.2) is 14.4 Å². The average molecular weight is 414 g/mol. The molecule has 0 amide bonds. The molecule has 0 atom stereocenters. The third-order valence-corrected chi connectivity index (χ3v) is 5.74. The van der Waals surface area contributed by atoms with Gasteiger partial charge in [0.2, 0.25) is 0 Å². The monoisotopic (exact) mass is 414 g/mol. The van der Waals surface area contributed by atoms with Crippen molar-refractivity contribution in [2.45, 2.75) is 19.3 Å². The van der Waals surface area contributed by atoms with Crippen molar-refractivity contribution in [3.8, 4) is 22.8 Å². The van der Waals surface area contributed by atoms with Crippen molar-refractivity contribution in [2.75, 3.05) is 18.0 Å². The summed E-state index contributed by atoms with van der Waals surface area (Å²) in [6.45, 7) is 1.93. The molecule has 0 radical (unpaired) electrons. The Kier molecular flexibility index (Phi) is 4.12. The highest BCUT2D eigenvalue weighted by Crippen LogP contribution is 2.33. The first-order chi connectivity index (χ1) is 15.3. The molecule has 5 aromatic rings. The number of imidazole rings is 1. The van der Waals surface area contributed by atoms with Crippen molar-refractivity contribution in [3.05, 3.63) is 48.8 Å². The lowest BCUT2D eigenvalue weighted by Crippen LogP contribution is -2.30. The summed E-state index contributed by atoms with van der Waals surface area (Å²) in [6, 6.07) is 5.42. The lowest BCUT2D eigenvalue weighted by molar-refractivity contribution is 0.574. The van der Waals surface area contributed by atoms with E-state index in [2.05, 4.69) is 35.0 Å². The van der Waals surface area contributed by atoms with Crippen LogP contribution in [0.5, 0.6) is 0 Å². The summed E-state index contributed by atoms with van der Waals surface area (Å²) in [5, 5.41) is 7.57. The quantitative estimate of drug-likeness (QED) is 0.461. The first-order valence-electron chi connectivity index (χ1n) is 10.3. The van der Waals surface area contributed by atoms with Gasteiger partial charge in [0.1, 0.15) is 16.9 Å². The van der Waals surface area contributed by atoms with E-state index in [9.17, 15) is 0 Å². The van der Waals surface area contributed by atoms with Gasteiger partial charge in [-0.3, -0.25) is 15.1 Å². The molecule has 0 unspecified atom stereocenters. The number of nitrogens with zero attached hydrogens (tertiary/aromatic N) is 6. The second-order valence-electron chi connectivity index (χ2n) is 7.69. The highest BCUT2D eigenvalue weighted by atomic mass is 19.1. The zero-order valence-electron chi connectivity index (χ0n) is 16.6. The third-order valence-electron chi connectivity index (χ3n) is 5.74. The van der Waals surface area contributed by atoms with Gasteiger partial charge in [-0.2, -0.15) is 5.10 Å². The second kappa shape index (κ2) is 7.12. The Morgan fingerprint density at radius 1 is 0.935 bits per heavy atom. The Labute approximate surface area is 176 Å². The molecule has 1 saturated heterocycles. The predicted molar refractivity (Wildman–Crippen MR) is 116 cm³/mol. The van der Waals surface area contributed by atoms with Crippen LogP contribution in [0.25, 0.3) is 44.7 Å². The molecule has 154 valence electrons. The summed E-state index contributed by atoms with van der Waals surface area (Å²) < 4.78 is 15.5. The van der Waals surface area contributed by atoms with E-state index in [0.717, 1.165) is 42.8 Å². The molecule has 6 heterocycles. The van der Waals surface area contributed by atoms with Crippen LogP contribution < -0.4 is 4.90 Å². The summed E-state index contributed by atoms with van der Waals surface area (Å²) in [6.07, 6.45) is 10.1. The topological polar surface area (TPSA) is 99.3 Å². The van der Waals surface area contributed by atoms with Gasteiger partial charge in [0.05, 0.1) is 22.6 Å². The molecule has 1 aliphatic rings. The minimum Gasteiger partial charge on any atom is -0.355 e. The molecule has 0 aliphatic carbocycles. The number of aromatic amines is 2. The standard InChI is InChI=1S/C22H19FN8/c23-17-16-15(12-26-18(17)13-5-4-7-24-11-13)29-30-20(16)21-27-14-6-8-25-22(19(14)28-21)31-9-2-1-3-10-31/h4-8,11-12H,1-3,9-10H2,(H,27,28)(H,29,30). The van der Waals surface area contributed by atoms with Crippen LogP contribution in [0.2, 0.25) is 0 Å². The Bertz CT molecular complexity index is 1390. The Hall–Kier alpha value is -3.88. The zero-order valence-corrected chi connectivity index (χ0v) is 16.6. The number of anilines is 1. The van der Waals surface area contributed by atoms with E-state index < -0.39 is 5.82 Å². The number of halogens is 1. The van der Waals surface area contributed by atoms with Crippen molar-refractivity contribution < 1.29 is 4.39 Å². The van der Waals surface area contributed by atoms with Crippen LogP contribution in [-0.2, 0) is 0 Å². The molecular formula is C22H19FN8. The van der Waals surface area contributed by atoms with Gasteiger partial charge in [0.15, 0.2) is 17.5 Å². The van der Waals surface area contributed by atoms with Crippen LogP contribution in [0.4, 0.5) is 10.2 Å². The van der Waals surface area contributed by atoms with E-state index in [4.69, 9.17) is 4.98 Å². The Morgan fingerprint density at radius 2 is 1.84 bits per heavy atom. The number of H-pyrrole nitrogens is 2. The number of hydrogen-bond acceptors (Lipinski definition) is 6. The molecule has 6 rings (SSSR count). The SMILES string of the molecule is Fc1c(-c2cccnc2)ncc2[nH]nc(-c3nc4c(N5CCCCC5)nccc4[nH]3)c12. The summed E-state index contributed by atoms with van der Waals surface area (Å²) in [5.74, 6) is 0.900. The smallest absolute Gasteiger partial charge is 0.161 e. The summed E-state index contributed by atoms with van der Waals surface area (Å²) >= 11 is 0. The number of aromatic nitrogens is 7. The van der Waals surface area contributed by atoms with Crippen molar-refractivity contribution >= 4 is 27.8 Å². The summed E-state index contributed by atoms with van der Waals surface area (Å²) in [4.78, 5) is 23.3. The molecule has 1 fully saturated rings. The van der Waals surface area contributed by atoms with Gasteiger partial charge in [0, 0.05) is 37.2 Å². The lowest BCUT2D eigenvalue weighted by Gasteiger charge is -2.27. The maximum atomic E-state index is 15.5. The van der Waals surface area contributed by atoms with E-state index in [0.29, 0.717) is 28.0 Å². The van der Waals surface area contributed by atoms with Gasteiger partial charge in [0.25, 0.3) is 0 Å². The van der Waals surface area contributed by atoms with Crippen LogP contribution in [0.3, 0.4) is 0 Å². The van der Waals surface area contributed by atoms with E-state index >= 15 is 4.39 Å².